The highest BCUT2D eigenvalue weighted by Crippen LogP contribution is 2.29. The molecule has 1 aromatic carbocycles. The topological polar surface area (TPSA) is 72.8 Å². The van der Waals surface area contributed by atoms with Crippen LogP contribution >= 0.6 is 0 Å². The summed E-state index contributed by atoms with van der Waals surface area (Å²) in [6, 6.07) is 4.73. The molecule has 0 radical (unpaired) electrons. The van der Waals surface area contributed by atoms with Crippen molar-refractivity contribution in [2.75, 3.05) is 13.7 Å². The van der Waals surface area contributed by atoms with Gasteiger partial charge in [-0.3, -0.25) is 4.79 Å². The van der Waals surface area contributed by atoms with Gasteiger partial charge in [-0.1, -0.05) is 6.07 Å². The van der Waals surface area contributed by atoms with Gasteiger partial charge in [-0.15, -0.1) is 0 Å². The molecule has 1 aromatic rings. The summed E-state index contributed by atoms with van der Waals surface area (Å²) in [7, 11) is 1.41. The zero-order valence-corrected chi connectivity index (χ0v) is 8.10. The number of carboxylic acids is 1. The predicted octanol–water partition coefficient (Wildman–Crippen LogP) is 0.971. The molecule has 0 fully saturated rings. The van der Waals surface area contributed by atoms with Gasteiger partial charge in [0, 0.05) is 0 Å². The zero-order valence-electron chi connectivity index (χ0n) is 8.10. The SMILES string of the molecule is COc1cccc(C=O)c1OCC(=O)O. The first-order valence-corrected chi connectivity index (χ1v) is 4.15. The van der Waals surface area contributed by atoms with E-state index in [0.717, 1.165) is 0 Å². The lowest BCUT2D eigenvalue weighted by Gasteiger charge is -2.10. The van der Waals surface area contributed by atoms with E-state index in [1.54, 1.807) is 12.1 Å². The van der Waals surface area contributed by atoms with Gasteiger partial charge in [0.15, 0.2) is 24.4 Å². The molecule has 0 saturated carbocycles. The highest BCUT2D eigenvalue weighted by Gasteiger charge is 2.11. The van der Waals surface area contributed by atoms with Gasteiger partial charge in [-0.2, -0.15) is 0 Å². The predicted molar refractivity (Wildman–Crippen MR) is 51.5 cm³/mol. The Morgan fingerprint density at radius 2 is 2.27 bits per heavy atom. The number of carbonyl (C=O) groups is 2. The molecule has 0 bridgehead atoms. The van der Waals surface area contributed by atoms with E-state index in [1.165, 1.54) is 13.2 Å². The molecule has 0 spiro atoms. The fourth-order valence-electron chi connectivity index (χ4n) is 1.07. The van der Waals surface area contributed by atoms with Crippen LogP contribution in [0.3, 0.4) is 0 Å². The standard InChI is InChI=1S/C10H10O5/c1-14-8-4-2-3-7(5-11)10(8)15-6-9(12)13/h2-5H,6H2,1H3,(H,12,13). The number of ether oxygens (including phenoxy) is 2. The number of hydrogen-bond donors (Lipinski definition) is 1. The molecule has 0 atom stereocenters. The second-order valence-electron chi connectivity index (χ2n) is 2.68. The van der Waals surface area contributed by atoms with Crippen LogP contribution in [-0.4, -0.2) is 31.1 Å². The van der Waals surface area contributed by atoms with Crippen LogP contribution in [0.4, 0.5) is 0 Å². The first kappa shape index (κ1) is 11.0. The lowest BCUT2D eigenvalue weighted by Crippen LogP contribution is -2.11. The Labute approximate surface area is 86.2 Å². The third-order valence-corrected chi connectivity index (χ3v) is 1.70. The van der Waals surface area contributed by atoms with Gasteiger partial charge in [-0.05, 0) is 12.1 Å². The van der Waals surface area contributed by atoms with Gasteiger partial charge in [0.2, 0.25) is 0 Å². The smallest absolute Gasteiger partial charge is 0.341 e. The average molecular weight is 210 g/mol. The molecule has 0 aliphatic rings. The maximum Gasteiger partial charge on any atom is 0.341 e. The van der Waals surface area contributed by atoms with Crippen molar-refractivity contribution in [3.05, 3.63) is 23.8 Å². The maximum absolute atomic E-state index is 10.7. The van der Waals surface area contributed by atoms with Crippen molar-refractivity contribution in [3.63, 3.8) is 0 Å². The number of carbonyl (C=O) groups excluding carboxylic acids is 1. The van der Waals surface area contributed by atoms with Gasteiger partial charge >= 0.3 is 5.97 Å². The second kappa shape index (κ2) is 4.99. The van der Waals surface area contributed by atoms with Crippen LogP contribution in [0.2, 0.25) is 0 Å². The van der Waals surface area contributed by atoms with Crippen LogP contribution in [0.1, 0.15) is 10.4 Å². The Morgan fingerprint density at radius 3 is 2.80 bits per heavy atom. The van der Waals surface area contributed by atoms with Gasteiger partial charge < -0.3 is 14.6 Å². The van der Waals surface area contributed by atoms with Crippen LogP contribution in [0.5, 0.6) is 11.5 Å². The molecule has 0 aliphatic heterocycles. The Hall–Kier alpha value is -2.04. The van der Waals surface area contributed by atoms with Gasteiger partial charge in [0.05, 0.1) is 12.7 Å². The van der Waals surface area contributed by atoms with Crippen molar-refractivity contribution in [1.29, 1.82) is 0 Å². The molecule has 0 amide bonds. The number of rotatable bonds is 5. The fourth-order valence-corrected chi connectivity index (χ4v) is 1.07. The van der Waals surface area contributed by atoms with Gasteiger partial charge in [-0.25, -0.2) is 4.79 Å². The number of para-hydroxylation sites is 1. The highest BCUT2D eigenvalue weighted by molar-refractivity contribution is 5.81. The number of aldehydes is 1. The lowest BCUT2D eigenvalue weighted by atomic mass is 10.2. The molecule has 0 aliphatic carbocycles. The van der Waals surface area contributed by atoms with Crippen molar-refractivity contribution in [1.82, 2.24) is 0 Å². The second-order valence-corrected chi connectivity index (χ2v) is 2.68. The molecule has 0 saturated heterocycles. The molecule has 5 nitrogen and oxygen atoms in total. The monoisotopic (exact) mass is 210 g/mol. The molecule has 1 N–H and O–H groups in total. The summed E-state index contributed by atoms with van der Waals surface area (Å²) in [5, 5.41) is 8.45. The Balaban J connectivity index is 2.99. The van der Waals surface area contributed by atoms with E-state index in [-0.39, 0.29) is 11.3 Å². The number of hydrogen-bond acceptors (Lipinski definition) is 4. The molecule has 80 valence electrons. The van der Waals surface area contributed by atoms with Crippen LogP contribution < -0.4 is 9.47 Å². The molecule has 0 heterocycles. The van der Waals surface area contributed by atoms with Crippen LogP contribution in [0, 0.1) is 0 Å². The van der Waals surface area contributed by atoms with E-state index in [0.29, 0.717) is 12.0 Å². The number of benzene rings is 1. The summed E-state index contributed by atoms with van der Waals surface area (Å²) < 4.78 is 9.90. The minimum Gasteiger partial charge on any atom is -0.493 e. The summed E-state index contributed by atoms with van der Waals surface area (Å²) in [6.07, 6.45) is 0.583. The largest absolute Gasteiger partial charge is 0.493 e. The van der Waals surface area contributed by atoms with Crippen LogP contribution in [0.25, 0.3) is 0 Å². The lowest BCUT2D eigenvalue weighted by molar-refractivity contribution is -0.139. The van der Waals surface area contributed by atoms with Crippen molar-refractivity contribution >= 4 is 12.3 Å². The van der Waals surface area contributed by atoms with E-state index in [4.69, 9.17) is 14.6 Å². The maximum atomic E-state index is 10.7. The normalized spacial score (nSPS) is 9.40. The Morgan fingerprint density at radius 1 is 1.53 bits per heavy atom. The summed E-state index contributed by atoms with van der Waals surface area (Å²) in [4.78, 5) is 21.0. The van der Waals surface area contributed by atoms with E-state index >= 15 is 0 Å². The molecule has 1 rings (SSSR count). The van der Waals surface area contributed by atoms with Gasteiger partial charge in [0.25, 0.3) is 0 Å². The summed E-state index contributed by atoms with van der Waals surface area (Å²) >= 11 is 0. The van der Waals surface area contributed by atoms with Crippen LogP contribution in [-0.2, 0) is 4.79 Å². The van der Waals surface area contributed by atoms with E-state index in [1.807, 2.05) is 0 Å². The Kier molecular flexibility index (Phi) is 3.68. The van der Waals surface area contributed by atoms with Crippen LogP contribution in [0.15, 0.2) is 18.2 Å². The summed E-state index contributed by atoms with van der Waals surface area (Å²) in [5.41, 5.74) is 0.260. The molecular weight excluding hydrogens is 200 g/mol. The molecule has 15 heavy (non-hydrogen) atoms. The molecule has 0 aromatic heterocycles. The van der Waals surface area contributed by atoms with Crippen molar-refractivity contribution in [2.24, 2.45) is 0 Å². The van der Waals surface area contributed by atoms with Crippen molar-refractivity contribution in [2.45, 2.75) is 0 Å². The van der Waals surface area contributed by atoms with Crippen molar-refractivity contribution in [3.8, 4) is 11.5 Å². The average Bonchev–Trinajstić information content (AvgIpc) is 2.25. The van der Waals surface area contributed by atoms with Gasteiger partial charge in [0.1, 0.15) is 0 Å². The Bertz CT molecular complexity index is 372. The van der Waals surface area contributed by atoms with E-state index in [2.05, 4.69) is 0 Å². The number of aliphatic carboxylic acids is 1. The molecular formula is C10H10O5. The van der Waals surface area contributed by atoms with Crippen molar-refractivity contribution < 1.29 is 24.2 Å². The molecule has 5 heteroatoms. The quantitative estimate of drug-likeness (QED) is 0.733. The summed E-state index contributed by atoms with van der Waals surface area (Å²) in [5.74, 6) is -0.629. The first-order valence-electron chi connectivity index (χ1n) is 4.15. The van der Waals surface area contributed by atoms with E-state index < -0.39 is 12.6 Å². The minimum atomic E-state index is -1.11. The molecule has 0 unspecified atom stereocenters. The minimum absolute atomic E-state index is 0.150. The number of carboxylic acid groups (broad SMARTS) is 1. The third-order valence-electron chi connectivity index (χ3n) is 1.70. The first-order chi connectivity index (χ1) is 7.19. The third kappa shape index (κ3) is 2.70. The zero-order chi connectivity index (χ0) is 11.3. The van der Waals surface area contributed by atoms with E-state index in [9.17, 15) is 9.59 Å². The fraction of sp³-hybridized carbons (Fsp3) is 0.200. The highest BCUT2D eigenvalue weighted by atomic mass is 16.5. The number of methoxy groups -OCH3 is 1. The summed E-state index contributed by atoms with van der Waals surface area (Å²) in [6.45, 7) is -0.513.